The molecule has 2 rings (SSSR count). The number of hydrogen-bond donors (Lipinski definition) is 2. The van der Waals surface area contributed by atoms with E-state index in [-0.39, 0.29) is 30.7 Å². The lowest BCUT2D eigenvalue weighted by molar-refractivity contribution is -0.118. The average molecular weight is 626 g/mol. The van der Waals surface area contributed by atoms with Gasteiger partial charge >= 0.3 is 6.18 Å². The first-order chi connectivity index (χ1) is 21.2. The predicted molar refractivity (Wildman–Crippen MR) is 173 cm³/mol. The summed E-state index contributed by atoms with van der Waals surface area (Å²) >= 11 is 0. The summed E-state index contributed by atoms with van der Waals surface area (Å²) in [4.78, 5) is 26.5. The molecule has 2 atom stereocenters. The third-order valence-corrected chi connectivity index (χ3v) is 6.78. The molecule has 0 aliphatic carbocycles. The van der Waals surface area contributed by atoms with Crippen molar-refractivity contribution < 1.29 is 32.2 Å². The monoisotopic (exact) mass is 625 g/mol. The highest BCUT2D eigenvalue weighted by molar-refractivity contribution is 6.02. The molecule has 10 heteroatoms. The number of fused-ring (bicyclic) bond motifs is 1. The Bertz CT molecular complexity index is 1450. The van der Waals surface area contributed by atoms with Gasteiger partial charge in [-0.05, 0) is 68.7 Å². The number of methoxy groups -OCH3 is 1. The Morgan fingerprint density at radius 3 is 2.42 bits per heavy atom. The maximum absolute atomic E-state index is 13.9. The molecule has 1 heterocycles. The Kier molecular flexibility index (Phi) is 13.9. The minimum atomic E-state index is -4.68. The fraction of sp³-hybridized carbons (Fsp3) is 0.314. The van der Waals surface area contributed by atoms with Gasteiger partial charge in [-0.15, -0.1) is 0 Å². The number of para-hydroxylation sites is 1. The molecule has 1 aromatic rings. The predicted octanol–water partition coefficient (Wildman–Crippen LogP) is 7.54. The molecule has 2 amide bonds. The van der Waals surface area contributed by atoms with Gasteiger partial charge in [-0.2, -0.15) is 13.2 Å². The van der Waals surface area contributed by atoms with Crippen LogP contribution in [0.25, 0.3) is 0 Å². The van der Waals surface area contributed by atoms with Crippen LogP contribution < -0.4 is 10.6 Å². The van der Waals surface area contributed by atoms with Crippen LogP contribution in [-0.2, 0) is 14.3 Å². The molecule has 0 radical (unpaired) electrons. The lowest BCUT2D eigenvalue weighted by Gasteiger charge is -2.39. The van der Waals surface area contributed by atoms with Gasteiger partial charge in [0.2, 0.25) is 5.91 Å². The zero-order valence-corrected chi connectivity index (χ0v) is 26.6. The molecule has 0 spiro atoms. The summed E-state index contributed by atoms with van der Waals surface area (Å²) in [6.45, 7) is 15.5. The molecular weight excluding hydrogens is 583 g/mol. The normalized spacial score (nSPS) is 17.8. The standard InChI is InChI=1S/C35H42F3N3O4/c1-9-27(31(11-3)35(36,37)38)21-41-33(40-32-15-13-12-14-30(32)34(41)43)28(18-16-24(5)44-8)20-23(4)22-45-25(6)17-19-29(10-2)39-26(7)42/h9-20,25,33,40H,1,3,21-22H2,2,4-8H3,(H,39,42)/b19-17-,23-20+,24-16+,28-18+,29-10+,31-27-. The van der Waals surface area contributed by atoms with Crippen molar-refractivity contribution in [2.24, 2.45) is 0 Å². The Morgan fingerprint density at radius 2 is 1.84 bits per heavy atom. The Balaban J connectivity index is 2.54. The number of hydrogen-bond acceptors (Lipinski definition) is 5. The quantitative estimate of drug-likeness (QED) is 0.165. The Labute approximate surface area is 263 Å². The smallest absolute Gasteiger partial charge is 0.416 e. The summed E-state index contributed by atoms with van der Waals surface area (Å²) in [5.41, 5.74) is 1.73. The van der Waals surface area contributed by atoms with Gasteiger partial charge in [-0.25, -0.2) is 0 Å². The Hall–Kier alpha value is -4.57. The van der Waals surface area contributed by atoms with Gasteiger partial charge in [0.15, 0.2) is 0 Å². The van der Waals surface area contributed by atoms with E-state index in [4.69, 9.17) is 9.47 Å². The highest BCUT2D eigenvalue weighted by Gasteiger charge is 2.37. The maximum Gasteiger partial charge on any atom is 0.416 e. The van der Waals surface area contributed by atoms with Gasteiger partial charge in [-0.3, -0.25) is 9.59 Å². The van der Waals surface area contributed by atoms with Crippen LogP contribution >= 0.6 is 0 Å². The van der Waals surface area contributed by atoms with E-state index in [1.165, 1.54) is 18.9 Å². The molecule has 0 saturated carbocycles. The average Bonchev–Trinajstić information content (AvgIpc) is 2.99. The summed E-state index contributed by atoms with van der Waals surface area (Å²) in [5, 5.41) is 6.06. The SMILES string of the molecule is C=C/C(CN1C(=O)c2ccccc2NC1C(/C=C(\C)COC(C)/C=C\C(=C/C)NC(C)=O)=C/C=C(\C)OC)=C(\C=C)C(F)(F)F. The molecule has 1 aliphatic heterocycles. The van der Waals surface area contributed by atoms with Gasteiger partial charge in [-0.1, -0.05) is 61.7 Å². The molecule has 7 nitrogen and oxygen atoms in total. The van der Waals surface area contributed by atoms with E-state index in [0.29, 0.717) is 28.3 Å². The van der Waals surface area contributed by atoms with Gasteiger partial charge in [0.25, 0.3) is 5.91 Å². The number of nitrogens with zero attached hydrogens (tertiary/aromatic N) is 1. The van der Waals surface area contributed by atoms with Crippen molar-refractivity contribution in [2.75, 3.05) is 25.6 Å². The van der Waals surface area contributed by atoms with Gasteiger partial charge in [0.05, 0.1) is 36.7 Å². The number of carbonyl (C=O) groups excluding carboxylic acids is 2. The molecule has 0 saturated heterocycles. The van der Waals surface area contributed by atoms with E-state index in [9.17, 15) is 22.8 Å². The van der Waals surface area contributed by atoms with E-state index in [1.807, 2.05) is 26.8 Å². The highest BCUT2D eigenvalue weighted by Crippen LogP contribution is 2.33. The summed E-state index contributed by atoms with van der Waals surface area (Å²) in [6, 6.07) is 6.83. The minimum Gasteiger partial charge on any atom is -0.501 e. The molecule has 45 heavy (non-hydrogen) atoms. The second-order valence-electron chi connectivity index (χ2n) is 10.3. The third-order valence-electron chi connectivity index (χ3n) is 6.78. The topological polar surface area (TPSA) is 79.9 Å². The number of rotatable bonds is 14. The summed E-state index contributed by atoms with van der Waals surface area (Å²) < 4.78 is 52.9. The maximum atomic E-state index is 13.9. The second kappa shape index (κ2) is 17.1. The summed E-state index contributed by atoms with van der Waals surface area (Å²) in [5.74, 6) is -0.0459. The molecule has 2 unspecified atom stereocenters. The Morgan fingerprint density at radius 1 is 1.16 bits per heavy atom. The van der Waals surface area contributed by atoms with Gasteiger partial charge in [0.1, 0.15) is 6.17 Å². The zero-order valence-electron chi connectivity index (χ0n) is 26.6. The van der Waals surface area contributed by atoms with E-state index in [2.05, 4.69) is 23.8 Å². The summed E-state index contributed by atoms with van der Waals surface area (Å²) in [6.07, 6.45) is 6.60. The van der Waals surface area contributed by atoms with Crippen LogP contribution in [0.5, 0.6) is 0 Å². The number of anilines is 1. The van der Waals surface area contributed by atoms with Crippen molar-refractivity contribution in [2.45, 2.75) is 53.1 Å². The van der Waals surface area contributed by atoms with Crippen LogP contribution in [0.4, 0.5) is 18.9 Å². The fourth-order valence-corrected chi connectivity index (χ4v) is 4.39. The number of allylic oxidation sites excluding steroid dienone is 7. The number of carbonyl (C=O) groups is 2. The van der Waals surface area contributed by atoms with Crippen molar-refractivity contribution >= 4 is 17.5 Å². The minimum absolute atomic E-state index is 0.182. The third kappa shape index (κ3) is 10.8. The molecule has 1 aromatic carbocycles. The van der Waals surface area contributed by atoms with Crippen molar-refractivity contribution in [3.05, 3.63) is 125 Å². The van der Waals surface area contributed by atoms with Crippen molar-refractivity contribution in [3.63, 3.8) is 0 Å². The molecular formula is C35H42F3N3O4. The van der Waals surface area contributed by atoms with Crippen molar-refractivity contribution in [3.8, 4) is 0 Å². The molecule has 0 fully saturated rings. The van der Waals surface area contributed by atoms with Gasteiger partial charge in [0, 0.05) is 24.9 Å². The number of ether oxygens (including phenoxy) is 2. The highest BCUT2D eigenvalue weighted by atomic mass is 19.4. The number of alkyl halides is 3. The largest absolute Gasteiger partial charge is 0.501 e. The van der Waals surface area contributed by atoms with Crippen LogP contribution in [0.2, 0.25) is 0 Å². The first-order valence-corrected chi connectivity index (χ1v) is 14.3. The van der Waals surface area contributed by atoms with E-state index in [1.54, 1.807) is 61.6 Å². The van der Waals surface area contributed by atoms with Crippen LogP contribution in [0.15, 0.2) is 120 Å². The van der Waals surface area contributed by atoms with Crippen molar-refractivity contribution in [1.82, 2.24) is 10.2 Å². The number of benzene rings is 1. The number of nitrogens with one attached hydrogen (secondary N) is 2. The second-order valence-corrected chi connectivity index (χ2v) is 10.3. The van der Waals surface area contributed by atoms with Crippen LogP contribution in [-0.4, -0.2) is 55.4 Å². The molecule has 0 bridgehead atoms. The fourth-order valence-electron chi connectivity index (χ4n) is 4.39. The first-order valence-electron chi connectivity index (χ1n) is 14.3. The number of halogens is 3. The van der Waals surface area contributed by atoms with Crippen molar-refractivity contribution in [1.29, 1.82) is 0 Å². The molecule has 0 aromatic heterocycles. The molecule has 1 aliphatic rings. The van der Waals surface area contributed by atoms with E-state index < -0.39 is 23.8 Å². The molecule has 2 N–H and O–H groups in total. The van der Waals surface area contributed by atoms with Crippen LogP contribution in [0, 0.1) is 0 Å². The van der Waals surface area contributed by atoms with E-state index in [0.717, 1.165) is 17.7 Å². The van der Waals surface area contributed by atoms with Crippen LogP contribution in [0.1, 0.15) is 45.0 Å². The van der Waals surface area contributed by atoms with Crippen LogP contribution in [0.3, 0.4) is 0 Å². The summed E-state index contributed by atoms with van der Waals surface area (Å²) in [7, 11) is 1.52. The zero-order chi connectivity index (χ0) is 33.7. The number of amides is 2. The van der Waals surface area contributed by atoms with E-state index >= 15 is 0 Å². The lowest BCUT2D eigenvalue weighted by atomic mass is 9.99. The first kappa shape index (κ1) is 36.6. The lowest BCUT2D eigenvalue weighted by Crippen LogP contribution is -2.50. The van der Waals surface area contributed by atoms with Gasteiger partial charge < -0.3 is 25.0 Å². The molecule has 242 valence electrons.